The molecule has 2 fully saturated rings. The molecule has 0 saturated heterocycles. The number of amides is 1. The first-order chi connectivity index (χ1) is 10.6. The second kappa shape index (κ2) is 6.11. The van der Waals surface area contributed by atoms with E-state index in [0.717, 1.165) is 12.8 Å². The Hall–Kier alpha value is -1.84. The third-order valence-electron chi connectivity index (χ3n) is 5.48. The molecule has 0 bridgehead atoms. The van der Waals surface area contributed by atoms with E-state index in [2.05, 4.69) is 17.4 Å². The summed E-state index contributed by atoms with van der Waals surface area (Å²) in [5.41, 5.74) is 1.32. The summed E-state index contributed by atoms with van der Waals surface area (Å²) in [5.74, 6) is -1.76. The number of hydrogen-bond donors (Lipinski definition) is 2. The first kappa shape index (κ1) is 15.1. The molecule has 1 aromatic carbocycles. The van der Waals surface area contributed by atoms with Crippen molar-refractivity contribution in [2.45, 2.75) is 43.9 Å². The van der Waals surface area contributed by atoms with Gasteiger partial charge in [-0.2, -0.15) is 0 Å². The molecule has 0 radical (unpaired) electrons. The number of carbonyl (C=O) groups is 2. The van der Waals surface area contributed by atoms with Crippen molar-refractivity contribution in [3.05, 3.63) is 35.9 Å². The van der Waals surface area contributed by atoms with Crippen molar-refractivity contribution in [3.8, 4) is 0 Å². The Morgan fingerprint density at radius 3 is 2.27 bits per heavy atom. The summed E-state index contributed by atoms with van der Waals surface area (Å²) in [4.78, 5) is 23.4. The fourth-order valence-corrected chi connectivity index (χ4v) is 3.91. The molecular formula is C18H23NO3. The Labute approximate surface area is 130 Å². The third kappa shape index (κ3) is 2.74. The first-order valence-corrected chi connectivity index (χ1v) is 8.18. The fourth-order valence-electron chi connectivity index (χ4n) is 3.91. The Kier molecular flexibility index (Phi) is 4.19. The molecule has 2 atom stereocenters. The molecular weight excluding hydrogens is 278 g/mol. The van der Waals surface area contributed by atoms with E-state index in [1.54, 1.807) is 0 Å². The highest BCUT2D eigenvalue weighted by molar-refractivity contribution is 5.86. The summed E-state index contributed by atoms with van der Waals surface area (Å²) in [7, 11) is 0. The van der Waals surface area contributed by atoms with Crippen LogP contribution in [0.2, 0.25) is 0 Å². The van der Waals surface area contributed by atoms with E-state index in [1.807, 2.05) is 18.2 Å². The van der Waals surface area contributed by atoms with Crippen molar-refractivity contribution < 1.29 is 14.7 Å². The Balaban J connectivity index is 1.66. The molecule has 0 spiro atoms. The largest absolute Gasteiger partial charge is 0.481 e. The maximum absolute atomic E-state index is 12.3. The topological polar surface area (TPSA) is 66.4 Å². The summed E-state index contributed by atoms with van der Waals surface area (Å²) in [5, 5.41) is 12.1. The van der Waals surface area contributed by atoms with Crippen molar-refractivity contribution in [3.63, 3.8) is 0 Å². The predicted molar refractivity (Wildman–Crippen MR) is 83.4 cm³/mol. The van der Waals surface area contributed by atoms with Gasteiger partial charge < -0.3 is 10.4 Å². The second-order valence-electron chi connectivity index (χ2n) is 6.70. The quantitative estimate of drug-likeness (QED) is 0.879. The average Bonchev–Trinajstić information content (AvgIpc) is 2.94. The molecule has 2 aliphatic carbocycles. The average molecular weight is 301 g/mol. The molecule has 2 saturated carbocycles. The summed E-state index contributed by atoms with van der Waals surface area (Å²) in [6.45, 7) is 0.624. The van der Waals surface area contributed by atoms with E-state index in [9.17, 15) is 9.59 Å². The zero-order chi connectivity index (χ0) is 15.6. The standard InChI is InChI=1S/C18H23NO3/c20-16(14-8-9-15(14)17(21)22)19-12-18(10-4-5-11-18)13-6-2-1-3-7-13/h1-3,6-7,14-15H,4-5,8-12H2,(H,19,20)(H,21,22). The van der Waals surface area contributed by atoms with Crippen LogP contribution >= 0.6 is 0 Å². The molecule has 4 nitrogen and oxygen atoms in total. The molecule has 2 unspecified atom stereocenters. The molecule has 22 heavy (non-hydrogen) atoms. The van der Waals surface area contributed by atoms with Gasteiger partial charge in [-0.3, -0.25) is 9.59 Å². The van der Waals surface area contributed by atoms with Gasteiger partial charge in [0.25, 0.3) is 0 Å². The van der Waals surface area contributed by atoms with E-state index >= 15 is 0 Å². The van der Waals surface area contributed by atoms with Crippen LogP contribution in [0.4, 0.5) is 0 Å². The number of benzene rings is 1. The molecule has 2 aliphatic rings. The lowest BCUT2D eigenvalue weighted by Crippen LogP contribution is -2.47. The van der Waals surface area contributed by atoms with Gasteiger partial charge in [-0.15, -0.1) is 0 Å². The highest BCUT2D eigenvalue weighted by atomic mass is 16.4. The van der Waals surface area contributed by atoms with Crippen molar-refractivity contribution in [1.29, 1.82) is 0 Å². The zero-order valence-corrected chi connectivity index (χ0v) is 12.8. The number of carboxylic acid groups (broad SMARTS) is 1. The lowest BCUT2D eigenvalue weighted by Gasteiger charge is -2.35. The molecule has 1 aromatic rings. The van der Waals surface area contributed by atoms with Gasteiger partial charge in [0.2, 0.25) is 5.91 Å². The Morgan fingerprint density at radius 2 is 1.73 bits per heavy atom. The van der Waals surface area contributed by atoms with Gasteiger partial charge in [-0.25, -0.2) is 0 Å². The van der Waals surface area contributed by atoms with E-state index in [1.165, 1.54) is 18.4 Å². The van der Waals surface area contributed by atoms with E-state index in [0.29, 0.717) is 19.4 Å². The molecule has 4 heteroatoms. The Morgan fingerprint density at radius 1 is 1.09 bits per heavy atom. The number of nitrogens with one attached hydrogen (secondary N) is 1. The zero-order valence-electron chi connectivity index (χ0n) is 12.8. The predicted octanol–water partition coefficient (Wildman–Crippen LogP) is 2.73. The van der Waals surface area contributed by atoms with Crippen LogP contribution in [0.3, 0.4) is 0 Å². The molecule has 0 aliphatic heterocycles. The van der Waals surface area contributed by atoms with E-state index < -0.39 is 11.9 Å². The Bertz CT molecular complexity index is 549. The maximum atomic E-state index is 12.3. The van der Waals surface area contributed by atoms with Gasteiger partial charge in [0, 0.05) is 12.0 Å². The number of aliphatic carboxylic acids is 1. The minimum Gasteiger partial charge on any atom is -0.481 e. The third-order valence-corrected chi connectivity index (χ3v) is 5.48. The van der Waals surface area contributed by atoms with Gasteiger partial charge in [0.1, 0.15) is 0 Å². The summed E-state index contributed by atoms with van der Waals surface area (Å²) in [6.07, 6.45) is 5.87. The van der Waals surface area contributed by atoms with Gasteiger partial charge in [0.15, 0.2) is 0 Å². The van der Waals surface area contributed by atoms with Crippen LogP contribution in [-0.4, -0.2) is 23.5 Å². The number of hydrogen-bond acceptors (Lipinski definition) is 2. The van der Waals surface area contributed by atoms with Crippen molar-refractivity contribution >= 4 is 11.9 Å². The van der Waals surface area contributed by atoms with Crippen LogP contribution in [-0.2, 0) is 15.0 Å². The minimum absolute atomic E-state index is 0.0272. The number of rotatable bonds is 5. The smallest absolute Gasteiger partial charge is 0.307 e. The lowest BCUT2D eigenvalue weighted by atomic mass is 9.72. The minimum atomic E-state index is -0.843. The highest BCUT2D eigenvalue weighted by Crippen LogP contribution is 2.41. The van der Waals surface area contributed by atoms with E-state index in [-0.39, 0.29) is 17.2 Å². The van der Waals surface area contributed by atoms with Crippen LogP contribution in [0.15, 0.2) is 30.3 Å². The van der Waals surface area contributed by atoms with Gasteiger partial charge in [-0.1, -0.05) is 43.2 Å². The molecule has 118 valence electrons. The van der Waals surface area contributed by atoms with Crippen molar-refractivity contribution in [2.75, 3.05) is 6.54 Å². The maximum Gasteiger partial charge on any atom is 0.307 e. The molecule has 1 amide bonds. The van der Waals surface area contributed by atoms with Crippen LogP contribution in [0, 0.1) is 11.8 Å². The molecule has 0 heterocycles. The highest BCUT2D eigenvalue weighted by Gasteiger charge is 2.42. The van der Waals surface area contributed by atoms with Crippen molar-refractivity contribution in [2.24, 2.45) is 11.8 Å². The van der Waals surface area contributed by atoms with E-state index in [4.69, 9.17) is 5.11 Å². The van der Waals surface area contributed by atoms with Crippen LogP contribution < -0.4 is 5.32 Å². The molecule has 0 aromatic heterocycles. The van der Waals surface area contributed by atoms with Gasteiger partial charge in [0.05, 0.1) is 11.8 Å². The summed E-state index contributed by atoms with van der Waals surface area (Å²) in [6, 6.07) is 10.4. The molecule has 2 N–H and O–H groups in total. The normalized spacial score (nSPS) is 26.2. The monoisotopic (exact) mass is 301 g/mol. The van der Waals surface area contributed by atoms with Crippen LogP contribution in [0.5, 0.6) is 0 Å². The lowest BCUT2D eigenvalue weighted by molar-refractivity contribution is -0.152. The second-order valence-corrected chi connectivity index (χ2v) is 6.70. The van der Waals surface area contributed by atoms with Crippen LogP contribution in [0.1, 0.15) is 44.1 Å². The van der Waals surface area contributed by atoms with Gasteiger partial charge in [-0.05, 0) is 31.2 Å². The summed E-state index contributed by atoms with van der Waals surface area (Å²) < 4.78 is 0. The molecule has 3 rings (SSSR count). The van der Waals surface area contributed by atoms with Crippen LogP contribution in [0.25, 0.3) is 0 Å². The summed E-state index contributed by atoms with van der Waals surface area (Å²) >= 11 is 0. The fraction of sp³-hybridized carbons (Fsp3) is 0.556. The first-order valence-electron chi connectivity index (χ1n) is 8.18. The number of carbonyl (C=O) groups excluding carboxylic acids is 1. The number of carboxylic acids is 1. The van der Waals surface area contributed by atoms with Gasteiger partial charge >= 0.3 is 5.97 Å². The SMILES string of the molecule is O=C(O)C1CCC1C(=O)NCC1(c2ccccc2)CCCC1. The van der Waals surface area contributed by atoms with Crippen molar-refractivity contribution in [1.82, 2.24) is 5.32 Å².